The quantitative estimate of drug-likeness (QED) is 0.835. The van der Waals surface area contributed by atoms with Crippen molar-refractivity contribution in [3.63, 3.8) is 0 Å². The molecule has 2 rings (SSSR count). The first-order chi connectivity index (χ1) is 7.93. The number of hydrogen-bond acceptors (Lipinski definition) is 2. The first-order valence-corrected chi connectivity index (χ1v) is 5.02. The van der Waals surface area contributed by atoms with Crippen LogP contribution in [0.5, 0.6) is 0 Å². The Labute approximate surface area is 94.3 Å². The van der Waals surface area contributed by atoms with Crippen molar-refractivity contribution >= 4 is 10.9 Å². The Kier molecular flexibility index (Phi) is 2.65. The molecule has 0 saturated carbocycles. The topological polar surface area (TPSA) is 45.8 Å². The van der Waals surface area contributed by atoms with Gasteiger partial charge in [-0.2, -0.15) is 18.2 Å². The van der Waals surface area contributed by atoms with Crippen molar-refractivity contribution in [1.82, 2.24) is 9.97 Å². The van der Waals surface area contributed by atoms with Gasteiger partial charge in [0.25, 0.3) is 0 Å². The molecule has 6 heteroatoms. The molecule has 0 spiro atoms. The van der Waals surface area contributed by atoms with E-state index < -0.39 is 17.4 Å². The Bertz CT molecular complexity index is 616. The molecule has 0 aliphatic rings. The number of H-pyrrole nitrogens is 1. The maximum atomic E-state index is 12.7. The molecule has 0 saturated heterocycles. The predicted molar refractivity (Wildman–Crippen MR) is 56.7 cm³/mol. The number of alkyl halides is 3. The highest BCUT2D eigenvalue weighted by Gasteiger charge is 2.33. The fourth-order valence-corrected chi connectivity index (χ4v) is 1.74. The van der Waals surface area contributed by atoms with E-state index in [1.54, 1.807) is 6.92 Å². The normalized spacial score (nSPS) is 12.0. The number of para-hydroxylation sites is 1. The van der Waals surface area contributed by atoms with Crippen LogP contribution in [-0.4, -0.2) is 9.97 Å². The van der Waals surface area contributed by atoms with E-state index in [1.807, 2.05) is 0 Å². The number of aromatic nitrogens is 2. The van der Waals surface area contributed by atoms with Crippen LogP contribution in [-0.2, 0) is 12.6 Å². The highest BCUT2D eigenvalue weighted by molar-refractivity contribution is 5.84. The molecule has 17 heavy (non-hydrogen) atoms. The fourth-order valence-electron chi connectivity index (χ4n) is 1.74. The average Bonchev–Trinajstić information content (AvgIpc) is 2.25. The number of aryl methyl sites for hydroxylation is 1. The van der Waals surface area contributed by atoms with E-state index in [0.29, 0.717) is 17.5 Å². The molecule has 0 unspecified atom stereocenters. The number of halogens is 3. The average molecular weight is 242 g/mol. The number of fused-ring (bicyclic) bond motifs is 1. The first-order valence-electron chi connectivity index (χ1n) is 5.02. The molecule has 3 nitrogen and oxygen atoms in total. The lowest BCUT2D eigenvalue weighted by atomic mass is 10.1. The van der Waals surface area contributed by atoms with Crippen molar-refractivity contribution < 1.29 is 13.2 Å². The Balaban J connectivity index is 2.90. The van der Waals surface area contributed by atoms with Gasteiger partial charge in [-0.1, -0.05) is 19.1 Å². The molecule has 0 aliphatic heterocycles. The number of nitrogens with one attached hydrogen (secondary N) is 1. The molecule has 1 aromatic heterocycles. The second-order valence-corrected chi connectivity index (χ2v) is 3.57. The van der Waals surface area contributed by atoms with Gasteiger partial charge in [0.2, 0.25) is 0 Å². The maximum absolute atomic E-state index is 12.7. The van der Waals surface area contributed by atoms with Crippen LogP contribution in [0.2, 0.25) is 0 Å². The maximum Gasteiger partial charge on any atom is 0.418 e. The van der Waals surface area contributed by atoms with Crippen LogP contribution in [0.15, 0.2) is 23.0 Å². The van der Waals surface area contributed by atoms with Gasteiger partial charge in [-0.05, 0) is 12.5 Å². The molecular formula is C11H9F3N2O. The molecule has 1 heterocycles. The van der Waals surface area contributed by atoms with Crippen molar-refractivity contribution in [3.05, 3.63) is 39.9 Å². The van der Waals surface area contributed by atoms with Crippen LogP contribution < -0.4 is 5.69 Å². The molecule has 0 bridgehead atoms. The summed E-state index contributed by atoms with van der Waals surface area (Å²) >= 11 is 0. The molecule has 0 aliphatic carbocycles. The number of rotatable bonds is 1. The van der Waals surface area contributed by atoms with E-state index in [4.69, 9.17) is 0 Å². The summed E-state index contributed by atoms with van der Waals surface area (Å²) in [4.78, 5) is 17.1. The number of aromatic amines is 1. The van der Waals surface area contributed by atoms with E-state index in [0.717, 1.165) is 6.07 Å². The van der Waals surface area contributed by atoms with E-state index >= 15 is 0 Å². The third-order valence-electron chi connectivity index (χ3n) is 2.49. The molecule has 0 amide bonds. The van der Waals surface area contributed by atoms with E-state index in [2.05, 4.69) is 9.97 Å². The van der Waals surface area contributed by atoms with Crippen LogP contribution in [0, 0.1) is 0 Å². The van der Waals surface area contributed by atoms with Crippen LogP contribution in [0.3, 0.4) is 0 Å². The third-order valence-corrected chi connectivity index (χ3v) is 2.49. The zero-order chi connectivity index (χ0) is 12.6. The monoisotopic (exact) mass is 242 g/mol. The molecule has 0 atom stereocenters. The predicted octanol–water partition coefficient (Wildman–Crippen LogP) is 2.50. The third kappa shape index (κ3) is 2.02. The van der Waals surface area contributed by atoms with Crippen molar-refractivity contribution in [2.24, 2.45) is 0 Å². The van der Waals surface area contributed by atoms with Gasteiger partial charge in [0.15, 0.2) is 0 Å². The highest BCUT2D eigenvalue weighted by atomic mass is 19.4. The van der Waals surface area contributed by atoms with Gasteiger partial charge in [-0.15, -0.1) is 0 Å². The summed E-state index contributed by atoms with van der Waals surface area (Å²) in [6.07, 6.45) is -4.07. The first kappa shape index (κ1) is 11.6. The van der Waals surface area contributed by atoms with Crippen molar-refractivity contribution in [2.75, 3.05) is 0 Å². The van der Waals surface area contributed by atoms with Gasteiger partial charge in [0.05, 0.1) is 11.1 Å². The lowest BCUT2D eigenvalue weighted by Gasteiger charge is -2.10. The molecular weight excluding hydrogens is 233 g/mol. The Morgan fingerprint density at radius 2 is 2.06 bits per heavy atom. The summed E-state index contributed by atoms with van der Waals surface area (Å²) in [7, 11) is 0. The Morgan fingerprint density at radius 3 is 2.65 bits per heavy atom. The zero-order valence-electron chi connectivity index (χ0n) is 8.93. The van der Waals surface area contributed by atoms with Crippen molar-refractivity contribution in [1.29, 1.82) is 0 Å². The summed E-state index contributed by atoms with van der Waals surface area (Å²) in [6, 6.07) is 3.75. The minimum absolute atomic E-state index is 0.291. The summed E-state index contributed by atoms with van der Waals surface area (Å²) in [6.45, 7) is 1.75. The van der Waals surface area contributed by atoms with Crippen LogP contribution in [0.25, 0.3) is 10.9 Å². The lowest BCUT2D eigenvalue weighted by Crippen LogP contribution is -2.16. The van der Waals surface area contributed by atoms with Crippen molar-refractivity contribution in [3.8, 4) is 0 Å². The molecule has 0 radical (unpaired) electrons. The zero-order valence-corrected chi connectivity index (χ0v) is 8.93. The minimum Gasteiger partial charge on any atom is -0.309 e. The fraction of sp³-hybridized carbons (Fsp3) is 0.273. The van der Waals surface area contributed by atoms with Gasteiger partial charge in [-0.25, -0.2) is 4.79 Å². The SMILES string of the molecule is CCc1[nH]c(=O)nc2c(C(F)(F)F)cccc12. The number of benzene rings is 1. The summed E-state index contributed by atoms with van der Waals surface area (Å²) in [5.74, 6) is 0. The van der Waals surface area contributed by atoms with Gasteiger partial charge in [-0.3, -0.25) is 0 Å². The molecule has 2 aromatic rings. The van der Waals surface area contributed by atoms with Crippen LogP contribution in [0.1, 0.15) is 18.2 Å². The number of hydrogen-bond donors (Lipinski definition) is 1. The smallest absolute Gasteiger partial charge is 0.309 e. The van der Waals surface area contributed by atoms with E-state index in [9.17, 15) is 18.0 Å². The van der Waals surface area contributed by atoms with Gasteiger partial charge in [0, 0.05) is 11.1 Å². The summed E-state index contributed by atoms with van der Waals surface area (Å²) in [5.41, 5.74) is -1.46. The van der Waals surface area contributed by atoms with Crippen LogP contribution in [0.4, 0.5) is 13.2 Å². The van der Waals surface area contributed by atoms with Gasteiger partial charge >= 0.3 is 11.9 Å². The Hall–Kier alpha value is -1.85. The standard InChI is InChI=1S/C11H9F3N2O/c1-2-8-6-4-3-5-7(11(12,13)14)9(6)16-10(17)15-8/h3-5H,2H2,1H3,(H,15,16,17). The van der Waals surface area contributed by atoms with E-state index in [-0.39, 0.29) is 5.52 Å². The highest BCUT2D eigenvalue weighted by Crippen LogP contribution is 2.33. The van der Waals surface area contributed by atoms with Gasteiger partial charge in [0.1, 0.15) is 0 Å². The molecule has 90 valence electrons. The summed E-state index contributed by atoms with van der Waals surface area (Å²) in [5, 5.41) is 0.335. The molecule has 0 fully saturated rings. The second-order valence-electron chi connectivity index (χ2n) is 3.57. The largest absolute Gasteiger partial charge is 0.418 e. The van der Waals surface area contributed by atoms with Crippen molar-refractivity contribution in [2.45, 2.75) is 19.5 Å². The lowest BCUT2D eigenvalue weighted by molar-refractivity contribution is -0.136. The minimum atomic E-state index is -4.51. The number of nitrogens with zero attached hydrogens (tertiary/aromatic N) is 1. The molecule has 1 N–H and O–H groups in total. The summed E-state index contributed by atoms with van der Waals surface area (Å²) < 4.78 is 38.2. The van der Waals surface area contributed by atoms with Crippen LogP contribution >= 0.6 is 0 Å². The second kappa shape index (κ2) is 3.87. The van der Waals surface area contributed by atoms with Gasteiger partial charge < -0.3 is 4.98 Å². The Morgan fingerprint density at radius 1 is 1.35 bits per heavy atom. The molecule has 1 aromatic carbocycles. The van der Waals surface area contributed by atoms with E-state index in [1.165, 1.54) is 12.1 Å².